The molecule has 0 aliphatic carbocycles. The van der Waals surface area contributed by atoms with E-state index in [0.29, 0.717) is 16.7 Å². The molecule has 5 nitrogen and oxygen atoms in total. The molecule has 1 aromatic heterocycles. The number of pyridine rings is 1. The Morgan fingerprint density at radius 3 is 2.94 bits per heavy atom. The number of anilines is 1. The number of nitrogens with zero attached hydrogens (tertiary/aromatic N) is 1. The minimum Gasteiger partial charge on any atom is -0.398 e. The predicted molar refractivity (Wildman–Crippen MR) is 70.7 cm³/mol. The Morgan fingerprint density at radius 1 is 1.59 bits per heavy atom. The summed E-state index contributed by atoms with van der Waals surface area (Å²) in [5.74, 6) is -0.182. The molecule has 0 spiro atoms. The Kier molecular flexibility index (Phi) is 5.21. The van der Waals surface area contributed by atoms with Gasteiger partial charge in [-0.1, -0.05) is 13.3 Å². The van der Waals surface area contributed by atoms with Crippen LogP contribution in [-0.4, -0.2) is 17.0 Å². The molecule has 6 heteroatoms. The molecule has 1 aromatic rings. The summed E-state index contributed by atoms with van der Waals surface area (Å²) in [5.41, 5.74) is 5.79. The highest BCUT2D eigenvalue weighted by atomic mass is 79.9. The van der Waals surface area contributed by atoms with Gasteiger partial charge in [0.15, 0.2) is 0 Å². The molecule has 1 rings (SSSR count). The van der Waals surface area contributed by atoms with Crippen molar-refractivity contribution in [2.75, 3.05) is 12.3 Å². The van der Waals surface area contributed by atoms with Crippen molar-refractivity contribution in [3.05, 3.63) is 27.1 Å². The zero-order valence-electron chi connectivity index (χ0n) is 9.70. The highest BCUT2D eigenvalue weighted by molar-refractivity contribution is 9.10. The number of unbranched alkanes of at least 4 members (excludes halogenated alkanes) is 1. The molecule has 1 amide bonds. The second kappa shape index (κ2) is 6.44. The second-order valence-corrected chi connectivity index (χ2v) is 4.61. The lowest BCUT2D eigenvalue weighted by Crippen LogP contribution is -2.33. The third-order valence-electron chi connectivity index (χ3n) is 2.23. The van der Waals surface area contributed by atoms with Crippen LogP contribution in [0.25, 0.3) is 0 Å². The van der Waals surface area contributed by atoms with Crippen molar-refractivity contribution in [1.82, 2.24) is 9.88 Å². The molecule has 0 atom stereocenters. The van der Waals surface area contributed by atoms with Crippen LogP contribution in [0, 0.1) is 0 Å². The summed E-state index contributed by atoms with van der Waals surface area (Å²) in [6.45, 7) is 2.67. The second-order valence-electron chi connectivity index (χ2n) is 3.76. The lowest BCUT2D eigenvalue weighted by molar-refractivity contribution is -0.121. The number of hydrogen-bond acceptors (Lipinski definition) is 3. The number of halogens is 1. The zero-order chi connectivity index (χ0) is 12.8. The average Bonchev–Trinajstić information content (AvgIpc) is 2.25. The summed E-state index contributed by atoms with van der Waals surface area (Å²) in [5, 5.41) is 2.74. The van der Waals surface area contributed by atoms with Gasteiger partial charge in [-0.2, -0.15) is 0 Å². The fraction of sp³-hybridized carbons (Fsp3) is 0.455. The first-order chi connectivity index (χ1) is 8.04. The fourth-order valence-corrected chi connectivity index (χ4v) is 1.85. The molecule has 0 saturated heterocycles. The number of aromatic nitrogens is 1. The molecule has 0 aliphatic heterocycles. The van der Waals surface area contributed by atoms with Crippen molar-refractivity contribution in [3.63, 3.8) is 0 Å². The third-order valence-corrected chi connectivity index (χ3v) is 2.80. The number of nitrogen functional groups attached to an aromatic ring is 1. The summed E-state index contributed by atoms with van der Waals surface area (Å²) in [6.07, 6.45) is 3.41. The number of rotatable bonds is 5. The summed E-state index contributed by atoms with van der Waals surface area (Å²) in [4.78, 5) is 23.2. The quantitative estimate of drug-likeness (QED) is 0.800. The Hall–Kier alpha value is -1.30. The predicted octanol–water partition coefficient (Wildman–Crippen LogP) is 1.11. The van der Waals surface area contributed by atoms with Gasteiger partial charge in [0.25, 0.3) is 5.56 Å². The number of nitrogens with one attached hydrogen (secondary N) is 1. The average molecular weight is 302 g/mol. The molecular weight excluding hydrogens is 286 g/mol. The van der Waals surface area contributed by atoms with E-state index in [0.717, 1.165) is 12.8 Å². The van der Waals surface area contributed by atoms with Crippen molar-refractivity contribution in [1.29, 1.82) is 0 Å². The maximum atomic E-state index is 11.7. The van der Waals surface area contributed by atoms with Crippen molar-refractivity contribution < 1.29 is 4.79 Å². The molecule has 0 radical (unpaired) electrons. The van der Waals surface area contributed by atoms with Crippen LogP contribution in [-0.2, 0) is 11.3 Å². The van der Waals surface area contributed by atoms with Gasteiger partial charge in [0.2, 0.25) is 5.91 Å². The first-order valence-electron chi connectivity index (χ1n) is 5.46. The number of hydrogen-bond donors (Lipinski definition) is 2. The third kappa shape index (κ3) is 4.22. The van der Waals surface area contributed by atoms with Crippen LogP contribution in [0.4, 0.5) is 5.69 Å². The van der Waals surface area contributed by atoms with E-state index < -0.39 is 0 Å². The smallest absolute Gasteiger partial charge is 0.265 e. The van der Waals surface area contributed by atoms with E-state index in [-0.39, 0.29) is 18.0 Å². The van der Waals surface area contributed by atoms with Gasteiger partial charge in [-0.05, 0) is 28.4 Å². The maximum Gasteiger partial charge on any atom is 0.265 e. The van der Waals surface area contributed by atoms with Crippen molar-refractivity contribution in [2.24, 2.45) is 0 Å². The van der Waals surface area contributed by atoms with Gasteiger partial charge in [-0.3, -0.25) is 9.59 Å². The molecule has 94 valence electrons. The Morgan fingerprint density at radius 2 is 2.29 bits per heavy atom. The van der Waals surface area contributed by atoms with Gasteiger partial charge in [0.1, 0.15) is 6.54 Å². The van der Waals surface area contributed by atoms with Crippen LogP contribution in [0.3, 0.4) is 0 Å². The van der Waals surface area contributed by atoms with Gasteiger partial charge in [0.05, 0.1) is 4.47 Å². The lowest BCUT2D eigenvalue weighted by Gasteiger charge is -2.08. The molecule has 0 unspecified atom stereocenters. The summed E-state index contributed by atoms with van der Waals surface area (Å²) in [6, 6.07) is 1.52. The number of nitrogens with two attached hydrogens (primary N) is 1. The number of carbonyl (C=O) groups is 1. The molecule has 0 aliphatic rings. The SMILES string of the molecule is CCCCNC(=O)Cn1cc(N)cc(Br)c1=O. The van der Waals surface area contributed by atoms with E-state index in [1.54, 1.807) is 0 Å². The van der Waals surface area contributed by atoms with Crippen LogP contribution in [0.1, 0.15) is 19.8 Å². The molecule has 0 bridgehead atoms. The van der Waals surface area contributed by atoms with E-state index >= 15 is 0 Å². The highest BCUT2D eigenvalue weighted by Gasteiger charge is 2.07. The molecule has 0 aromatic carbocycles. The minimum atomic E-state index is -0.259. The standard InChI is InChI=1S/C11H16BrN3O2/c1-2-3-4-14-10(16)7-15-6-8(13)5-9(12)11(15)17/h5-6H,2-4,7,13H2,1H3,(H,14,16). The van der Waals surface area contributed by atoms with Crippen molar-refractivity contribution in [3.8, 4) is 0 Å². The first kappa shape index (κ1) is 13.8. The zero-order valence-corrected chi connectivity index (χ0v) is 11.3. The molecular formula is C11H16BrN3O2. The van der Waals surface area contributed by atoms with E-state index in [4.69, 9.17) is 5.73 Å². The summed E-state index contributed by atoms with van der Waals surface area (Å²) in [7, 11) is 0. The number of carbonyl (C=O) groups excluding carboxylic acids is 1. The van der Waals surface area contributed by atoms with Crippen molar-refractivity contribution in [2.45, 2.75) is 26.3 Å². The van der Waals surface area contributed by atoms with Crippen molar-refractivity contribution >= 4 is 27.5 Å². The first-order valence-corrected chi connectivity index (χ1v) is 6.26. The lowest BCUT2D eigenvalue weighted by atomic mass is 10.3. The van der Waals surface area contributed by atoms with Crippen LogP contribution >= 0.6 is 15.9 Å². The van der Waals surface area contributed by atoms with Gasteiger partial charge in [0, 0.05) is 18.4 Å². The van der Waals surface area contributed by atoms with Crippen LogP contribution in [0.5, 0.6) is 0 Å². The Labute approximate surface area is 108 Å². The van der Waals surface area contributed by atoms with Gasteiger partial charge in [-0.25, -0.2) is 0 Å². The van der Waals surface area contributed by atoms with Crippen LogP contribution in [0.15, 0.2) is 21.5 Å². The molecule has 1 heterocycles. The highest BCUT2D eigenvalue weighted by Crippen LogP contribution is 2.07. The summed E-state index contributed by atoms with van der Waals surface area (Å²) >= 11 is 3.11. The number of amides is 1. The van der Waals surface area contributed by atoms with E-state index in [2.05, 4.69) is 21.2 Å². The maximum absolute atomic E-state index is 11.7. The molecule has 17 heavy (non-hydrogen) atoms. The van der Waals surface area contributed by atoms with Crippen LogP contribution < -0.4 is 16.6 Å². The molecule has 0 saturated carbocycles. The minimum absolute atomic E-state index is 0.00775. The van der Waals surface area contributed by atoms with E-state index in [1.165, 1.54) is 16.8 Å². The summed E-state index contributed by atoms with van der Waals surface area (Å²) < 4.78 is 1.65. The fourth-order valence-electron chi connectivity index (χ4n) is 1.35. The van der Waals surface area contributed by atoms with Gasteiger partial charge in [-0.15, -0.1) is 0 Å². The van der Waals surface area contributed by atoms with E-state index in [9.17, 15) is 9.59 Å². The van der Waals surface area contributed by atoms with E-state index in [1.807, 2.05) is 6.92 Å². The Balaban J connectivity index is 2.68. The van der Waals surface area contributed by atoms with Gasteiger partial charge >= 0.3 is 0 Å². The molecule has 0 fully saturated rings. The Bertz CT molecular complexity index is 457. The normalized spacial score (nSPS) is 10.2. The van der Waals surface area contributed by atoms with Gasteiger partial charge < -0.3 is 15.6 Å². The monoisotopic (exact) mass is 301 g/mol. The topological polar surface area (TPSA) is 77.1 Å². The molecule has 3 N–H and O–H groups in total. The largest absolute Gasteiger partial charge is 0.398 e. The van der Waals surface area contributed by atoms with Crippen LogP contribution in [0.2, 0.25) is 0 Å².